The minimum absolute atomic E-state index is 0.0764. The lowest BCUT2D eigenvalue weighted by Crippen LogP contribution is -2.46. The van der Waals surface area contributed by atoms with Crippen LogP contribution in [0.25, 0.3) is 0 Å². The molecule has 120 valence electrons. The number of nitrogens with one attached hydrogen (secondary N) is 1. The zero-order chi connectivity index (χ0) is 16.1. The van der Waals surface area contributed by atoms with E-state index in [9.17, 15) is 4.79 Å². The van der Waals surface area contributed by atoms with Crippen LogP contribution in [-0.4, -0.2) is 37.0 Å². The number of rotatable bonds is 4. The van der Waals surface area contributed by atoms with Gasteiger partial charge in [0.1, 0.15) is 12.4 Å². The summed E-state index contributed by atoms with van der Waals surface area (Å²) in [6.45, 7) is 5.80. The van der Waals surface area contributed by atoms with Crippen LogP contribution >= 0.6 is 0 Å². The van der Waals surface area contributed by atoms with E-state index < -0.39 is 0 Å². The molecule has 2 aromatic rings. The first-order valence-corrected chi connectivity index (χ1v) is 8.01. The molecule has 4 nitrogen and oxygen atoms in total. The van der Waals surface area contributed by atoms with Gasteiger partial charge in [0.2, 0.25) is 0 Å². The third-order valence-corrected chi connectivity index (χ3v) is 3.97. The fraction of sp³-hybridized carbons (Fsp3) is 0.316. The van der Waals surface area contributed by atoms with Crippen LogP contribution in [0.1, 0.15) is 21.5 Å². The van der Waals surface area contributed by atoms with Gasteiger partial charge in [-0.2, -0.15) is 0 Å². The summed E-state index contributed by atoms with van der Waals surface area (Å²) in [6.07, 6.45) is 0. The highest BCUT2D eigenvalue weighted by Gasteiger charge is 2.18. The Bertz CT molecular complexity index is 679. The van der Waals surface area contributed by atoms with Gasteiger partial charge < -0.3 is 15.0 Å². The minimum atomic E-state index is 0.0764. The van der Waals surface area contributed by atoms with E-state index in [1.165, 1.54) is 5.56 Å². The zero-order valence-electron chi connectivity index (χ0n) is 13.4. The van der Waals surface area contributed by atoms with Gasteiger partial charge in [0.05, 0.1) is 0 Å². The molecule has 1 aliphatic heterocycles. The van der Waals surface area contributed by atoms with Crippen molar-refractivity contribution in [3.05, 3.63) is 65.2 Å². The van der Waals surface area contributed by atoms with Gasteiger partial charge >= 0.3 is 0 Å². The Labute approximate surface area is 137 Å². The molecule has 0 aliphatic carbocycles. The number of benzene rings is 2. The van der Waals surface area contributed by atoms with Gasteiger partial charge in [-0.25, -0.2) is 0 Å². The predicted octanol–water partition coefficient (Wildman–Crippen LogP) is 2.62. The fourth-order valence-corrected chi connectivity index (χ4v) is 2.74. The van der Waals surface area contributed by atoms with Crippen molar-refractivity contribution in [2.24, 2.45) is 0 Å². The molecule has 3 rings (SSSR count). The average molecular weight is 310 g/mol. The average Bonchev–Trinajstić information content (AvgIpc) is 2.60. The Morgan fingerprint density at radius 2 is 1.91 bits per heavy atom. The van der Waals surface area contributed by atoms with Crippen LogP contribution in [0.4, 0.5) is 0 Å². The Kier molecular flexibility index (Phi) is 4.93. The maximum Gasteiger partial charge on any atom is 0.254 e. The number of piperazine rings is 1. The lowest BCUT2D eigenvalue weighted by molar-refractivity contribution is 0.0735. The lowest BCUT2D eigenvalue weighted by atomic mass is 10.1. The van der Waals surface area contributed by atoms with Gasteiger partial charge in [0.15, 0.2) is 0 Å². The molecule has 2 aromatic carbocycles. The van der Waals surface area contributed by atoms with Crippen LogP contribution in [0.5, 0.6) is 5.75 Å². The molecule has 1 N–H and O–H groups in total. The van der Waals surface area contributed by atoms with Gasteiger partial charge in [-0.3, -0.25) is 4.79 Å². The van der Waals surface area contributed by atoms with Gasteiger partial charge in [-0.05, 0) is 30.7 Å². The molecule has 0 spiro atoms. The van der Waals surface area contributed by atoms with Crippen LogP contribution in [0, 0.1) is 6.92 Å². The molecule has 0 radical (unpaired) electrons. The van der Waals surface area contributed by atoms with Crippen molar-refractivity contribution in [3.8, 4) is 5.75 Å². The predicted molar refractivity (Wildman–Crippen MR) is 90.7 cm³/mol. The third kappa shape index (κ3) is 4.11. The quantitative estimate of drug-likeness (QED) is 0.944. The highest BCUT2D eigenvalue weighted by Crippen LogP contribution is 2.17. The van der Waals surface area contributed by atoms with Gasteiger partial charge in [-0.1, -0.05) is 35.9 Å². The summed E-state index contributed by atoms with van der Waals surface area (Å²) in [5.41, 5.74) is 3.03. The minimum Gasteiger partial charge on any atom is -0.489 e. The fourth-order valence-electron chi connectivity index (χ4n) is 2.74. The molecule has 0 bridgehead atoms. The van der Waals surface area contributed by atoms with Crippen molar-refractivity contribution in [1.82, 2.24) is 10.2 Å². The number of carbonyl (C=O) groups excluding carboxylic acids is 1. The van der Waals surface area contributed by atoms with Crippen molar-refractivity contribution >= 4 is 5.91 Å². The van der Waals surface area contributed by atoms with Crippen molar-refractivity contribution in [2.45, 2.75) is 13.5 Å². The molecule has 0 unspecified atom stereocenters. The Hall–Kier alpha value is -2.33. The van der Waals surface area contributed by atoms with Crippen LogP contribution in [0.2, 0.25) is 0 Å². The van der Waals surface area contributed by atoms with E-state index in [-0.39, 0.29) is 5.91 Å². The smallest absolute Gasteiger partial charge is 0.254 e. The van der Waals surface area contributed by atoms with Crippen molar-refractivity contribution in [2.75, 3.05) is 26.2 Å². The number of nitrogens with zero attached hydrogens (tertiary/aromatic N) is 1. The molecule has 0 atom stereocenters. The molecule has 4 heteroatoms. The summed E-state index contributed by atoms with van der Waals surface area (Å²) in [5.74, 6) is 0.806. The molecule has 23 heavy (non-hydrogen) atoms. The second-order valence-corrected chi connectivity index (χ2v) is 5.85. The molecule has 1 amide bonds. The number of aryl methyl sites for hydroxylation is 1. The van der Waals surface area contributed by atoms with Gasteiger partial charge in [0.25, 0.3) is 5.91 Å². The number of ether oxygens (including phenoxy) is 1. The van der Waals surface area contributed by atoms with Crippen molar-refractivity contribution < 1.29 is 9.53 Å². The largest absolute Gasteiger partial charge is 0.489 e. The van der Waals surface area contributed by atoms with E-state index in [4.69, 9.17) is 4.74 Å². The van der Waals surface area contributed by atoms with Crippen molar-refractivity contribution in [3.63, 3.8) is 0 Å². The molecule has 1 fully saturated rings. The summed E-state index contributed by atoms with van der Waals surface area (Å²) in [4.78, 5) is 14.4. The summed E-state index contributed by atoms with van der Waals surface area (Å²) in [5, 5.41) is 3.26. The summed E-state index contributed by atoms with van der Waals surface area (Å²) < 4.78 is 5.84. The molecular weight excluding hydrogens is 288 g/mol. The third-order valence-electron chi connectivity index (χ3n) is 3.97. The van der Waals surface area contributed by atoms with Crippen molar-refractivity contribution in [1.29, 1.82) is 0 Å². The summed E-state index contributed by atoms with van der Waals surface area (Å²) in [7, 11) is 0. The lowest BCUT2D eigenvalue weighted by Gasteiger charge is -2.27. The van der Waals surface area contributed by atoms with E-state index >= 15 is 0 Å². The maximum atomic E-state index is 12.5. The van der Waals surface area contributed by atoms with Crippen LogP contribution in [0.3, 0.4) is 0 Å². The molecule has 1 saturated heterocycles. The number of amides is 1. The van der Waals surface area contributed by atoms with Crippen LogP contribution < -0.4 is 10.1 Å². The molecular formula is C19H22N2O2. The molecule has 1 aliphatic rings. The van der Waals surface area contributed by atoms with E-state index in [2.05, 4.69) is 24.4 Å². The van der Waals surface area contributed by atoms with E-state index in [1.54, 1.807) is 0 Å². The highest BCUT2D eigenvalue weighted by atomic mass is 16.5. The van der Waals surface area contributed by atoms with Crippen LogP contribution in [-0.2, 0) is 6.61 Å². The molecule has 1 heterocycles. The Morgan fingerprint density at radius 1 is 1.13 bits per heavy atom. The second-order valence-electron chi connectivity index (χ2n) is 5.85. The van der Waals surface area contributed by atoms with Gasteiger partial charge in [0, 0.05) is 31.7 Å². The zero-order valence-corrected chi connectivity index (χ0v) is 13.4. The summed E-state index contributed by atoms with van der Waals surface area (Å²) in [6, 6.07) is 15.7. The number of carbonyl (C=O) groups is 1. The normalized spacial score (nSPS) is 14.6. The SMILES string of the molecule is Cc1cccc(COc2cccc(C(=O)N3CCNCC3)c2)c1. The van der Waals surface area contributed by atoms with E-state index in [0.29, 0.717) is 12.2 Å². The number of hydrogen-bond acceptors (Lipinski definition) is 3. The standard InChI is InChI=1S/C19H22N2O2/c1-15-4-2-5-16(12-15)14-23-18-7-3-6-17(13-18)19(22)21-10-8-20-9-11-21/h2-7,12-13,20H,8-11,14H2,1H3. The van der Waals surface area contributed by atoms with E-state index in [1.807, 2.05) is 41.3 Å². The second kappa shape index (κ2) is 7.29. The monoisotopic (exact) mass is 310 g/mol. The van der Waals surface area contributed by atoms with Gasteiger partial charge in [-0.15, -0.1) is 0 Å². The Morgan fingerprint density at radius 3 is 2.70 bits per heavy atom. The molecule has 0 aromatic heterocycles. The maximum absolute atomic E-state index is 12.5. The van der Waals surface area contributed by atoms with E-state index in [0.717, 1.165) is 37.5 Å². The van der Waals surface area contributed by atoms with Crippen LogP contribution in [0.15, 0.2) is 48.5 Å². The topological polar surface area (TPSA) is 41.6 Å². The first-order valence-electron chi connectivity index (χ1n) is 8.01. The first kappa shape index (κ1) is 15.6. The Balaban J connectivity index is 1.66. The summed E-state index contributed by atoms with van der Waals surface area (Å²) >= 11 is 0. The highest BCUT2D eigenvalue weighted by molar-refractivity contribution is 5.94. The first-order chi connectivity index (χ1) is 11.2. The number of hydrogen-bond donors (Lipinski definition) is 1. The molecule has 0 saturated carbocycles.